The Balaban J connectivity index is 1.67. The van der Waals surface area contributed by atoms with Crippen molar-refractivity contribution in [1.82, 2.24) is 5.32 Å². The highest BCUT2D eigenvalue weighted by atomic mass is 16.5. The molecule has 0 aromatic heterocycles. The standard InChI is InChI=1S/C15H22N2O2/c16-9-13-7-4-8-14(13)17-15(18)11-19-10-12-5-2-1-3-6-12/h1-3,5-6,13-14H,4,7-11,16H2,(H,17,18). The molecule has 0 aliphatic heterocycles. The predicted molar refractivity (Wildman–Crippen MR) is 74.4 cm³/mol. The number of ether oxygens (including phenoxy) is 1. The zero-order valence-corrected chi connectivity index (χ0v) is 11.2. The molecule has 1 aromatic carbocycles. The van der Waals surface area contributed by atoms with E-state index in [0.717, 1.165) is 24.8 Å². The second kappa shape index (κ2) is 7.26. The van der Waals surface area contributed by atoms with Crippen LogP contribution in [0.1, 0.15) is 24.8 Å². The summed E-state index contributed by atoms with van der Waals surface area (Å²) >= 11 is 0. The summed E-state index contributed by atoms with van der Waals surface area (Å²) in [4.78, 5) is 11.8. The second-order valence-corrected chi connectivity index (χ2v) is 5.08. The SMILES string of the molecule is NCC1CCCC1NC(=O)COCc1ccccc1. The van der Waals surface area contributed by atoms with Gasteiger partial charge in [-0.25, -0.2) is 0 Å². The zero-order chi connectivity index (χ0) is 13.5. The monoisotopic (exact) mass is 262 g/mol. The van der Waals surface area contributed by atoms with E-state index in [2.05, 4.69) is 5.32 Å². The van der Waals surface area contributed by atoms with E-state index in [-0.39, 0.29) is 18.6 Å². The van der Waals surface area contributed by atoms with E-state index in [1.165, 1.54) is 0 Å². The van der Waals surface area contributed by atoms with Gasteiger partial charge in [0.2, 0.25) is 5.91 Å². The highest BCUT2D eigenvalue weighted by molar-refractivity contribution is 5.77. The van der Waals surface area contributed by atoms with Gasteiger partial charge in [0.25, 0.3) is 0 Å². The zero-order valence-electron chi connectivity index (χ0n) is 11.2. The summed E-state index contributed by atoms with van der Waals surface area (Å²) in [7, 11) is 0. The highest BCUT2D eigenvalue weighted by Gasteiger charge is 2.27. The van der Waals surface area contributed by atoms with Crippen molar-refractivity contribution in [1.29, 1.82) is 0 Å². The molecule has 2 rings (SSSR count). The van der Waals surface area contributed by atoms with Crippen LogP contribution in [-0.4, -0.2) is 25.1 Å². The summed E-state index contributed by atoms with van der Waals surface area (Å²) in [5, 5.41) is 3.02. The van der Waals surface area contributed by atoms with Crippen LogP contribution in [0.25, 0.3) is 0 Å². The van der Waals surface area contributed by atoms with Gasteiger partial charge in [-0.3, -0.25) is 4.79 Å². The molecule has 0 bridgehead atoms. The Morgan fingerprint density at radius 3 is 2.84 bits per heavy atom. The molecule has 4 heteroatoms. The molecule has 1 aliphatic carbocycles. The minimum absolute atomic E-state index is 0.0405. The van der Waals surface area contributed by atoms with Crippen molar-refractivity contribution in [3.63, 3.8) is 0 Å². The first-order valence-corrected chi connectivity index (χ1v) is 6.90. The number of hydrogen-bond acceptors (Lipinski definition) is 3. The third kappa shape index (κ3) is 4.33. The minimum atomic E-state index is -0.0405. The number of rotatable bonds is 6. The van der Waals surface area contributed by atoms with Crippen LogP contribution in [-0.2, 0) is 16.1 Å². The normalized spacial score (nSPS) is 22.4. The lowest BCUT2D eigenvalue weighted by Crippen LogP contribution is -2.41. The van der Waals surface area contributed by atoms with Gasteiger partial charge in [0.15, 0.2) is 0 Å². The molecule has 19 heavy (non-hydrogen) atoms. The number of benzene rings is 1. The number of nitrogens with two attached hydrogens (primary N) is 1. The number of carbonyl (C=O) groups excluding carboxylic acids is 1. The van der Waals surface area contributed by atoms with E-state index >= 15 is 0 Å². The molecule has 1 fully saturated rings. The largest absolute Gasteiger partial charge is 0.367 e. The molecule has 0 saturated heterocycles. The first kappa shape index (κ1) is 14.0. The van der Waals surface area contributed by atoms with Crippen molar-refractivity contribution in [2.45, 2.75) is 31.9 Å². The van der Waals surface area contributed by atoms with Gasteiger partial charge < -0.3 is 15.8 Å². The average Bonchev–Trinajstić information content (AvgIpc) is 2.87. The van der Waals surface area contributed by atoms with Gasteiger partial charge in [-0.05, 0) is 30.9 Å². The van der Waals surface area contributed by atoms with Gasteiger partial charge in [0, 0.05) is 6.04 Å². The van der Waals surface area contributed by atoms with Crippen molar-refractivity contribution in [2.75, 3.05) is 13.2 Å². The summed E-state index contributed by atoms with van der Waals surface area (Å²) in [5.41, 5.74) is 6.77. The third-order valence-electron chi connectivity index (χ3n) is 3.65. The molecular weight excluding hydrogens is 240 g/mol. The summed E-state index contributed by atoms with van der Waals surface area (Å²) in [6, 6.07) is 10.1. The quantitative estimate of drug-likeness (QED) is 0.815. The van der Waals surface area contributed by atoms with Crippen LogP contribution in [0.3, 0.4) is 0 Å². The fourth-order valence-electron chi connectivity index (χ4n) is 2.59. The molecule has 104 valence electrons. The van der Waals surface area contributed by atoms with Crippen molar-refractivity contribution < 1.29 is 9.53 Å². The summed E-state index contributed by atoms with van der Waals surface area (Å²) in [5.74, 6) is 0.388. The Morgan fingerprint density at radius 2 is 2.11 bits per heavy atom. The van der Waals surface area contributed by atoms with Gasteiger partial charge in [-0.2, -0.15) is 0 Å². The topological polar surface area (TPSA) is 64.3 Å². The van der Waals surface area contributed by atoms with Crippen LogP contribution >= 0.6 is 0 Å². The van der Waals surface area contributed by atoms with E-state index in [9.17, 15) is 4.79 Å². The molecule has 1 aliphatic rings. The minimum Gasteiger partial charge on any atom is -0.367 e. The van der Waals surface area contributed by atoms with Crippen molar-refractivity contribution in [3.05, 3.63) is 35.9 Å². The van der Waals surface area contributed by atoms with Crippen LogP contribution in [0.4, 0.5) is 0 Å². The average molecular weight is 262 g/mol. The van der Waals surface area contributed by atoms with Crippen LogP contribution in [0, 0.1) is 5.92 Å². The maximum absolute atomic E-state index is 11.8. The lowest BCUT2D eigenvalue weighted by molar-refractivity contribution is -0.127. The van der Waals surface area contributed by atoms with Gasteiger partial charge >= 0.3 is 0 Å². The number of nitrogens with one attached hydrogen (secondary N) is 1. The van der Waals surface area contributed by atoms with Crippen LogP contribution in [0.15, 0.2) is 30.3 Å². The Morgan fingerprint density at radius 1 is 1.32 bits per heavy atom. The second-order valence-electron chi connectivity index (χ2n) is 5.08. The molecule has 1 aromatic rings. The molecule has 2 atom stereocenters. The lowest BCUT2D eigenvalue weighted by atomic mass is 10.0. The van der Waals surface area contributed by atoms with Crippen LogP contribution in [0.5, 0.6) is 0 Å². The fraction of sp³-hybridized carbons (Fsp3) is 0.533. The molecule has 0 heterocycles. The molecule has 2 unspecified atom stereocenters. The first-order chi connectivity index (χ1) is 9.29. The van der Waals surface area contributed by atoms with Crippen molar-refractivity contribution in [2.24, 2.45) is 11.7 Å². The number of amides is 1. The van der Waals surface area contributed by atoms with Crippen LogP contribution in [0.2, 0.25) is 0 Å². The fourth-order valence-corrected chi connectivity index (χ4v) is 2.59. The van der Waals surface area contributed by atoms with Crippen molar-refractivity contribution in [3.8, 4) is 0 Å². The highest BCUT2D eigenvalue weighted by Crippen LogP contribution is 2.24. The Bertz CT molecular complexity index is 394. The lowest BCUT2D eigenvalue weighted by Gasteiger charge is -2.19. The Kier molecular flexibility index (Phi) is 5.36. The number of carbonyl (C=O) groups is 1. The molecule has 4 nitrogen and oxygen atoms in total. The van der Waals surface area contributed by atoms with Gasteiger partial charge in [-0.1, -0.05) is 36.8 Å². The summed E-state index contributed by atoms with van der Waals surface area (Å²) < 4.78 is 5.42. The molecule has 3 N–H and O–H groups in total. The molecule has 1 amide bonds. The maximum atomic E-state index is 11.8. The van der Waals surface area contributed by atoms with Gasteiger partial charge in [0.05, 0.1) is 6.61 Å². The predicted octanol–water partition coefficient (Wildman–Crippen LogP) is 1.45. The van der Waals surface area contributed by atoms with E-state index in [1.807, 2.05) is 30.3 Å². The summed E-state index contributed by atoms with van der Waals surface area (Å²) in [6.07, 6.45) is 3.30. The van der Waals surface area contributed by atoms with E-state index in [4.69, 9.17) is 10.5 Å². The smallest absolute Gasteiger partial charge is 0.246 e. The van der Waals surface area contributed by atoms with Crippen molar-refractivity contribution >= 4 is 5.91 Å². The van der Waals surface area contributed by atoms with E-state index < -0.39 is 0 Å². The molecule has 0 spiro atoms. The molecule has 1 saturated carbocycles. The van der Waals surface area contributed by atoms with E-state index in [0.29, 0.717) is 19.1 Å². The Hall–Kier alpha value is -1.39. The molecular formula is C15H22N2O2. The van der Waals surface area contributed by atoms with Gasteiger partial charge in [0.1, 0.15) is 6.61 Å². The number of hydrogen-bond donors (Lipinski definition) is 2. The Labute approximate surface area is 114 Å². The first-order valence-electron chi connectivity index (χ1n) is 6.90. The summed E-state index contributed by atoms with van der Waals surface area (Å²) in [6.45, 7) is 1.23. The van der Waals surface area contributed by atoms with Crippen LogP contribution < -0.4 is 11.1 Å². The van der Waals surface area contributed by atoms with E-state index in [1.54, 1.807) is 0 Å². The van der Waals surface area contributed by atoms with Gasteiger partial charge in [-0.15, -0.1) is 0 Å². The molecule has 0 radical (unpaired) electrons. The maximum Gasteiger partial charge on any atom is 0.246 e. The third-order valence-corrected chi connectivity index (χ3v) is 3.65.